The minimum atomic E-state index is -0.267. The van der Waals surface area contributed by atoms with E-state index in [1.54, 1.807) is 11.8 Å². The quantitative estimate of drug-likeness (QED) is 0.776. The van der Waals surface area contributed by atoms with Crippen LogP contribution in [0.5, 0.6) is 0 Å². The Bertz CT molecular complexity index is 502. The maximum Gasteiger partial charge on any atom is 0.191 e. The summed E-state index contributed by atoms with van der Waals surface area (Å²) in [5, 5.41) is 1.61. The number of aliphatic imine (C=N–C) groups is 1. The fourth-order valence-electron chi connectivity index (χ4n) is 2.35. The average Bonchev–Trinajstić information content (AvgIpc) is 2.79. The van der Waals surface area contributed by atoms with Gasteiger partial charge in [0.1, 0.15) is 10.6 Å². The number of nitrogens with zero attached hydrogens (tertiary/aromatic N) is 1. The molecule has 102 valence electrons. The molecule has 2 heterocycles. The number of benzene rings is 1. The van der Waals surface area contributed by atoms with E-state index in [0.717, 1.165) is 5.04 Å². The molecule has 0 radical (unpaired) electrons. The first kappa shape index (κ1) is 13.5. The topological polar surface area (TPSA) is 21.6 Å². The van der Waals surface area contributed by atoms with Crippen molar-refractivity contribution in [2.75, 3.05) is 0 Å². The van der Waals surface area contributed by atoms with Gasteiger partial charge in [-0.05, 0) is 20.8 Å². The molecule has 1 aromatic rings. The number of ether oxygens (including phenoxy) is 1. The van der Waals surface area contributed by atoms with Crippen molar-refractivity contribution < 1.29 is 4.74 Å². The molecule has 3 rings (SSSR count). The summed E-state index contributed by atoms with van der Waals surface area (Å²) in [4.78, 5) is 4.93. The van der Waals surface area contributed by atoms with Crippen LogP contribution in [0.25, 0.3) is 0 Å². The van der Waals surface area contributed by atoms with E-state index in [4.69, 9.17) is 9.73 Å². The smallest absolute Gasteiger partial charge is 0.191 e. The van der Waals surface area contributed by atoms with E-state index in [0.29, 0.717) is 5.25 Å². The van der Waals surface area contributed by atoms with Crippen LogP contribution in [0.4, 0.5) is 0 Å². The molecule has 0 bridgehead atoms. The first-order valence-electron chi connectivity index (χ1n) is 6.63. The molecule has 3 atom stereocenters. The van der Waals surface area contributed by atoms with Gasteiger partial charge in [-0.1, -0.05) is 49.0 Å². The van der Waals surface area contributed by atoms with Crippen LogP contribution in [0.15, 0.2) is 35.3 Å². The largest absolute Gasteiger partial charge is 0.348 e. The lowest BCUT2D eigenvalue weighted by atomic mass is 10.1. The summed E-state index contributed by atoms with van der Waals surface area (Å²) in [6.07, 6.45) is 0.280. The minimum absolute atomic E-state index is 0.202. The average molecular weight is 293 g/mol. The van der Waals surface area contributed by atoms with E-state index < -0.39 is 0 Å². The molecule has 0 unspecified atom stereocenters. The molecule has 0 saturated carbocycles. The van der Waals surface area contributed by atoms with Crippen molar-refractivity contribution in [3.63, 3.8) is 0 Å². The van der Waals surface area contributed by atoms with Gasteiger partial charge in [0.15, 0.2) is 4.27 Å². The Morgan fingerprint density at radius 1 is 1.16 bits per heavy atom. The van der Waals surface area contributed by atoms with E-state index in [-0.39, 0.29) is 15.9 Å². The van der Waals surface area contributed by atoms with Crippen LogP contribution in [0, 0.1) is 0 Å². The van der Waals surface area contributed by atoms with Gasteiger partial charge in [0.25, 0.3) is 0 Å². The molecule has 2 aliphatic rings. The Balaban J connectivity index is 1.94. The highest BCUT2D eigenvalue weighted by atomic mass is 32.2. The third-order valence-corrected chi connectivity index (χ3v) is 7.31. The molecule has 4 heteroatoms. The van der Waals surface area contributed by atoms with Crippen LogP contribution in [0.3, 0.4) is 0 Å². The SMILES string of the molecule is C[C@H]1O[C@@]2(SC(c3ccccc3)=NC2(C)C)S[C@@H]1C. The van der Waals surface area contributed by atoms with E-state index >= 15 is 0 Å². The Morgan fingerprint density at radius 3 is 2.42 bits per heavy atom. The molecule has 1 saturated heterocycles. The highest BCUT2D eigenvalue weighted by Gasteiger charge is 2.59. The molecule has 2 nitrogen and oxygen atoms in total. The van der Waals surface area contributed by atoms with Crippen LogP contribution < -0.4 is 0 Å². The lowest BCUT2D eigenvalue weighted by molar-refractivity contribution is 0.0177. The molecule has 2 aliphatic heterocycles. The fraction of sp³-hybridized carbons (Fsp3) is 0.533. The summed E-state index contributed by atoms with van der Waals surface area (Å²) in [5.74, 6) is 0. The van der Waals surface area contributed by atoms with E-state index in [1.807, 2.05) is 17.8 Å². The molecule has 1 spiro atoms. The van der Waals surface area contributed by atoms with Crippen molar-refractivity contribution in [3.8, 4) is 0 Å². The minimum Gasteiger partial charge on any atom is -0.348 e. The van der Waals surface area contributed by atoms with Gasteiger partial charge in [0, 0.05) is 10.8 Å². The van der Waals surface area contributed by atoms with Gasteiger partial charge in [-0.3, -0.25) is 4.99 Å². The fourth-order valence-corrected chi connectivity index (χ4v) is 5.79. The summed E-state index contributed by atoms with van der Waals surface area (Å²) in [6.45, 7) is 8.74. The number of thioether (sulfide) groups is 2. The van der Waals surface area contributed by atoms with E-state index in [9.17, 15) is 0 Å². The highest BCUT2D eigenvalue weighted by molar-refractivity contribution is 8.26. The van der Waals surface area contributed by atoms with Crippen molar-refractivity contribution in [2.24, 2.45) is 4.99 Å². The van der Waals surface area contributed by atoms with Crippen molar-refractivity contribution in [3.05, 3.63) is 35.9 Å². The monoisotopic (exact) mass is 293 g/mol. The second-order valence-corrected chi connectivity index (χ2v) is 8.62. The van der Waals surface area contributed by atoms with Gasteiger partial charge in [0.2, 0.25) is 0 Å². The standard InChI is InChI=1S/C15H19NOS2/c1-10-11(2)18-15(17-10)14(3,4)16-13(19-15)12-8-6-5-7-9-12/h5-11H,1-4H3/t10-,11-,15-/m1/s1. The second kappa shape index (κ2) is 4.54. The van der Waals surface area contributed by atoms with Crippen LogP contribution in [0.1, 0.15) is 33.3 Å². The van der Waals surface area contributed by atoms with Crippen LogP contribution >= 0.6 is 23.5 Å². The first-order chi connectivity index (χ1) is 8.94. The predicted octanol–water partition coefficient (Wildman–Crippen LogP) is 4.15. The molecule has 0 amide bonds. The molecule has 19 heavy (non-hydrogen) atoms. The molecule has 1 aromatic carbocycles. The highest BCUT2D eigenvalue weighted by Crippen LogP contribution is 2.60. The van der Waals surface area contributed by atoms with Crippen molar-refractivity contribution in [2.45, 2.75) is 48.9 Å². The number of rotatable bonds is 1. The summed E-state index contributed by atoms with van der Waals surface area (Å²) in [6, 6.07) is 10.4. The predicted molar refractivity (Wildman–Crippen MR) is 85.0 cm³/mol. The number of hydrogen-bond acceptors (Lipinski definition) is 4. The maximum absolute atomic E-state index is 6.30. The summed E-state index contributed by atoms with van der Waals surface area (Å²) in [5.41, 5.74) is 0.987. The summed E-state index contributed by atoms with van der Waals surface area (Å²) < 4.78 is 6.03. The third-order valence-electron chi connectivity index (χ3n) is 3.73. The summed E-state index contributed by atoms with van der Waals surface area (Å²) in [7, 11) is 0. The third kappa shape index (κ3) is 2.14. The maximum atomic E-state index is 6.30. The zero-order valence-corrected chi connectivity index (χ0v) is 13.3. The lowest BCUT2D eigenvalue weighted by Gasteiger charge is -2.33. The Morgan fingerprint density at radius 2 is 1.84 bits per heavy atom. The molecular formula is C15H19NOS2. The normalized spacial score (nSPS) is 36.7. The van der Waals surface area contributed by atoms with Gasteiger partial charge in [0.05, 0.1) is 6.10 Å². The molecule has 1 fully saturated rings. The summed E-state index contributed by atoms with van der Waals surface area (Å²) >= 11 is 3.69. The van der Waals surface area contributed by atoms with Crippen molar-refractivity contribution in [1.29, 1.82) is 0 Å². The van der Waals surface area contributed by atoms with Gasteiger partial charge >= 0.3 is 0 Å². The van der Waals surface area contributed by atoms with Crippen molar-refractivity contribution in [1.82, 2.24) is 0 Å². The zero-order valence-electron chi connectivity index (χ0n) is 11.7. The molecule has 0 aromatic heterocycles. The molecule has 0 aliphatic carbocycles. The van der Waals surface area contributed by atoms with Gasteiger partial charge in [-0.2, -0.15) is 0 Å². The molecule has 0 N–H and O–H groups in total. The van der Waals surface area contributed by atoms with Crippen LogP contribution in [-0.2, 0) is 4.74 Å². The van der Waals surface area contributed by atoms with E-state index in [2.05, 4.69) is 52.0 Å². The van der Waals surface area contributed by atoms with Crippen LogP contribution in [0.2, 0.25) is 0 Å². The van der Waals surface area contributed by atoms with Crippen LogP contribution in [-0.4, -0.2) is 26.2 Å². The van der Waals surface area contributed by atoms with Gasteiger partial charge in [-0.15, -0.1) is 11.8 Å². The van der Waals surface area contributed by atoms with Crippen molar-refractivity contribution >= 4 is 28.6 Å². The van der Waals surface area contributed by atoms with E-state index in [1.165, 1.54) is 5.56 Å². The first-order valence-corrected chi connectivity index (χ1v) is 8.33. The van der Waals surface area contributed by atoms with Gasteiger partial charge < -0.3 is 4.74 Å². The lowest BCUT2D eigenvalue weighted by Crippen LogP contribution is -2.40. The Labute approximate surface area is 123 Å². The zero-order chi connectivity index (χ0) is 13.7. The molecular weight excluding hydrogens is 274 g/mol. The number of hydrogen-bond donors (Lipinski definition) is 0. The Kier molecular flexibility index (Phi) is 3.23. The van der Waals surface area contributed by atoms with Gasteiger partial charge in [-0.25, -0.2) is 0 Å². The second-order valence-electron chi connectivity index (χ2n) is 5.65. The Hall–Kier alpha value is -0.450.